The van der Waals surface area contributed by atoms with Crippen LogP contribution < -0.4 is 15.8 Å². The van der Waals surface area contributed by atoms with E-state index in [9.17, 15) is 4.79 Å². The molecule has 0 radical (unpaired) electrons. The van der Waals surface area contributed by atoms with E-state index >= 15 is 0 Å². The number of rotatable bonds is 5. The van der Waals surface area contributed by atoms with Crippen LogP contribution in [0.3, 0.4) is 0 Å². The van der Waals surface area contributed by atoms with Gasteiger partial charge in [0, 0.05) is 18.7 Å². The van der Waals surface area contributed by atoms with Gasteiger partial charge in [-0.1, -0.05) is 19.1 Å². The Morgan fingerprint density at radius 1 is 1.71 bits per heavy atom. The molecule has 92 valence electrons. The van der Waals surface area contributed by atoms with Gasteiger partial charge in [0.15, 0.2) is 0 Å². The average Bonchev–Trinajstić information content (AvgIpc) is 2.35. The highest BCUT2D eigenvalue weighted by molar-refractivity contribution is 7.80. The topological polar surface area (TPSA) is 77.2 Å². The van der Waals surface area contributed by atoms with Crippen LogP contribution in [0.15, 0.2) is 18.3 Å². The second kappa shape index (κ2) is 6.15. The lowest BCUT2D eigenvalue weighted by Gasteiger charge is -2.11. The molecule has 1 rings (SSSR count). The third kappa shape index (κ3) is 3.67. The van der Waals surface area contributed by atoms with Crippen LogP contribution in [-0.2, 0) is 0 Å². The fraction of sp³-hybridized carbons (Fsp3) is 0.364. The number of aromatic nitrogens is 1. The Kier molecular flexibility index (Phi) is 4.84. The number of thiocarbonyl (C=S) groups is 1. The van der Waals surface area contributed by atoms with Gasteiger partial charge in [-0.2, -0.15) is 0 Å². The summed E-state index contributed by atoms with van der Waals surface area (Å²) in [6.45, 7) is 2.25. The SMILES string of the molecule is COc1ncccc1C(=O)NCC(C)C(N)=S. The van der Waals surface area contributed by atoms with Crippen molar-refractivity contribution in [3.63, 3.8) is 0 Å². The minimum absolute atomic E-state index is 0.0448. The molecule has 0 saturated carbocycles. The number of ether oxygens (including phenoxy) is 1. The fourth-order valence-corrected chi connectivity index (χ4v) is 1.25. The van der Waals surface area contributed by atoms with E-state index in [0.717, 1.165) is 0 Å². The van der Waals surface area contributed by atoms with Gasteiger partial charge < -0.3 is 15.8 Å². The zero-order valence-corrected chi connectivity index (χ0v) is 10.6. The molecule has 0 aromatic carbocycles. The quantitative estimate of drug-likeness (QED) is 0.757. The molecule has 1 aromatic rings. The Labute approximate surface area is 105 Å². The van der Waals surface area contributed by atoms with Crippen molar-refractivity contribution in [2.24, 2.45) is 11.7 Å². The first-order valence-corrected chi connectivity index (χ1v) is 5.53. The molecule has 6 heteroatoms. The minimum Gasteiger partial charge on any atom is -0.480 e. The van der Waals surface area contributed by atoms with Crippen LogP contribution >= 0.6 is 12.2 Å². The number of amides is 1. The van der Waals surface area contributed by atoms with E-state index in [4.69, 9.17) is 22.7 Å². The Balaban J connectivity index is 2.67. The van der Waals surface area contributed by atoms with Gasteiger partial charge in [-0.25, -0.2) is 4.98 Å². The van der Waals surface area contributed by atoms with Crippen LogP contribution in [0.25, 0.3) is 0 Å². The first-order chi connectivity index (χ1) is 8.06. The maximum atomic E-state index is 11.8. The van der Waals surface area contributed by atoms with Gasteiger partial charge in [0.2, 0.25) is 5.88 Å². The molecule has 17 heavy (non-hydrogen) atoms. The van der Waals surface area contributed by atoms with E-state index in [0.29, 0.717) is 23.0 Å². The summed E-state index contributed by atoms with van der Waals surface area (Å²) >= 11 is 4.82. The average molecular weight is 253 g/mol. The van der Waals surface area contributed by atoms with E-state index in [-0.39, 0.29) is 11.8 Å². The fourth-order valence-electron chi connectivity index (χ4n) is 1.17. The summed E-state index contributed by atoms with van der Waals surface area (Å²) in [5, 5.41) is 2.73. The zero-order chi connectivity index (χ0) is 12.8. The molecule has 3 N–H and O–H groups in total. The highest BCUT2D eigenvalue weighted by atomic mass is 32.1. The zero-order valence-electron chi connectivity index (χ0n) is 9.77. The third-order valence-corrected chi connectivity index (χ3v) is 2.67. The molecule has 5 nitrogen and oxygen atoms in total. The molecule has 0 aliphatic heterocycles. The summed E-state index contributed by atoms with van der Waals surface area (Å²) in [6, 6.07) is 3.32. The van der Waals surface area contributed by atoms with Gasteiger partial charge in [-0.15, -0.1) is 0 Å². The van der Waals surface area contributed by atoms with E-state index < -0.39 is 0 Å². The Bertz CT molecular complexity index is 423. The van der Waals surface area contributed by atoms with Crippen molar-refractivity contribution in [3.05, 3.63) is 23.9 Å². The molecule has 1 aromatic heterocycles. The Hall–Kier alpha value is -1.69. The van der Waals surface area contributed by atoms with Gasteiger partial charge in [0.05, 0.1) is 12.1 Å². The number of carbonyl (C=O) groups excluding carboxylic acids is 1. The van der Waals surface area contributed by atoms with Crippen LogP contribution in [-0.4, -0.2) is 29.5 Å². The van der Waals surface area contributed by atoms with Crippen molar-refractivity contribution in [1.82, 2.24) is 10.3 Å². The smallest absolute Gasteiger partial charge is 0.256 e. The van der Waals surface area contributed by atoms with Gasteiger partial charge in [-0.05, 0) is 12.1 Å². The molecular formula is C11H15N3O2S. The van der Waals surface area contributed by atoms with Gasteiger partial charge in [-0.3, -0.25) is 4.79 Å². The number of hydrogen-bond donors (Lipinski definition) is 2. The predicted molar refractivity (Wildman–Crippen MR) is 69.1 cm³/mol. The molecule has 0 fully saturated rings. The maximum absolute atomic E-state index is 11.8. The Morgan fingerprint density at radius 2 is 2.41 bits per heavy atom. The number of pyridine rings is 1. The van der Waals surface area contributed by atoms with Gasteiger partial charge in [0.25, 0.3) is 5.91 Å². The molecule has 0 bridgehead atoms. The van der Waals surface area contributed by atoms with E-state index in [1.165, 1.54) is 7.11 Å². The second-order valence-electron chi connectivity index (χ2n) is 3.57. The van der Waals surface area contributed by atoms with Crippen LogP contribution in [0.4, 0.5) is 0 Å². The second-order valence-corrected chi connectivity index (χ2v) is 4.05. The highest BCUT2D eigenvalue weighted by Crippen LogP contribution is 2.13. The van der Waals surface area contributed by atoms with Crippen molar-refractivity contribution in [2.75, 3.05) is 13.7 Å². The van der Waals surface area contributed by atoms with Crippen LogP contribution in [0.1, 0.15) is 17.3 Å². The monoisotopic (exact) mass is 253 g/mol. The lowest BCUT2D eigenvalue weighted by molar-refractivity contribution is 0.0947. The van der Waals surface area contributed by atoms with E-state index in [1.54, 1.807) is 18.3 Å². The number of carbonyl (C=O) groups is 1. The number of nitrogens with one attached hydrogen (secondary N) is 1. The molecule has 0 aliphatic carbocycles. The molecule has 1 amide bonds. The molecule has 0 aliphatic rings. The van der Waals surface area contributed by atoms with Gasteiger partial charge in [0.1, 0.15) is 5.56 Å². The van der Waals surface area contributed by atoms with Crippen LogP contribution in [0, 0.1) is 5.92 Å². The number of nitrogens with two attached hydrogens (primary N) is 1. The first-order valence-electron chi connectivity index (χ1n) is 5.12. The van der Waals surface area contributed by atoms with Gasteiger partial charge >= 0.3 is 0 Å². The van der Waals surface area contributed by atoms with Crippen LogP contribution in [0.5, 0.6) is 5.88 Å². The minimum atomic E-state index is -0.252. The largest absolute Gasteiger partial charge is 0.480 e. The standard InChI is InChI=1S/C11H15N3O2S/c1-7(9(12)17)6-14-10(15)8-4-3-5-13-11(8)16-2/h3-5,7H,6H2,1-2H3,(H2,12,17)(H,14,15). The van der Waals surface area contributed by atoms with Crippen molar-refractivity contribution in [2.45, 2.75) is 6.92 Å². The van der Waals surface area contributed by atoms with E-state index in [1.807, 2.05) is 6.92 Å². The molecule has 0 saturated heterocycles. The summed E-state index contributed by atoms with van der Waals surface area (Å²) in [5.74, 6) is 0.00245. The molecular weight excluding hydrogens is 238 g/mol. The number of nitrogens with zero attached hydrogens (tertiary/aromatic N) is 1. The third-order valence-electron chi connectivity index (χ3n) is 2.26. The van der Waals surface area contributed by atoms with Crippen molar-refractivity contribution in [1.29, 1.82) is 0 Å². The number of methoxy groups -OCH3 is 1. The summed E-state index contributed by atoms with van der Waals surface area (Å²) in [5.41, 5.74) is 5.85. The van der Waals surface area contributed by atoms with Crippen molar-refractivity contribution >= 4 is 23.1 Å². The van der Waals surface area contributed by atoms with Crippen molar-refractivity contribution < 1.29 is 9.53 Å². The molecule has 1 atom stereocenters. The normalized spacial score (nSPS) is 11.6. The van der Waals surface area contributed by atoms with Crippen LogP contribution in [0.2, 0.25) is 0 Å². The number of hydrogen-bond acceptors (Lipinski definition) is 4. The lowest BCUT2D eigenvalue weighted by atomic mass is 10.1. The summed E-state index contributed by atoms with van der Waals surface area (Å²) in [7, 11) is 1.47. The molecule has 0 spiro atoms. The lowest BCUT2D eigenvalue weighted by Crippen LogP contribution is -2.33. The predicted octanol–water partition coefficient (Wildman–Crippen LogP) is 0.742. The molecule has 1 unspecified atom stereocenters. The summed E-state index contributed by atoms with van der Waals surface area (Å²) < 4.78 is 5.00. The van der Waals surface area contributed by atoms with Crippen molar-refractivity contribution in [3.8, 4) is 5.88 Å². The maximum Gasteiger partial charge on any atom is 0.256 e. The molecule has 1 heterocycles. The summed E-state index contributed by atoms with van der Waals surface area (Å²) in [4.78, 5) is 16.2. The van der Waals surface area contributed by atoms with E-state index in [2.05, 4.69) is 10.3 Å². The first kappa shape index (κ1) is 13.4. The highest BCUT2D eigenvalue weighted by Gasteiger charge is 2.14. The summed E-state index contributed by atoms with van der Waals surface area (Å²) in [6.07, 6.45) is 1.56. The Morgan fingerprint density at radius 3 is 3.00 bits per heavy atom.